The van der Waals surface area contributed by atoms with Crippen molar-refractivity contribution in [3.05, 3.63) is 260 Å². The Morgan fingerprint density at radius 3 is 1.27 bits per heavy atom. The summed E-state index contributed by atoms with van der Waals surface area (Å²) < 4.78 is 0. The van der Waals surface area contributed by atoms with Crippen LogP contribution in [0.4, 0.5) is 0 Å². The van der Waals surface area contributed by atoms with Crippen LogP contribution >= 0.6 is 0 Å². The minimum Gasteiger partial charge on any atom is -0.232 e. The summed E-state index contributed by atoms with van der Waals surface area (Å²) in [6, 6.07) is 72.6. The molecule has 0 aliphatic heterocycles. The van der Waals surface area contributed by atoms with Gasteiger partial charge in [-0.25, -0.2) is 19.9 Å². The molecule has 2 aliphatic carbocycles. The number of hydrogen-bond acceptors (Lipinski definition) is 4. The van der Waals surface area contributed by atoms with E-state index in [0.717, 1.165) is 66.8 Å². The van der Waals surface area contributed by atoms with Crippen LogP contribution in [0.25, 0.3) is 94.5 Å². The van der Waals surface area contributed by atoms with E-state index in [1.807, 2.05) is 12.1 Å². The first kappa shape index (κ1) is 39.0. The minimum atomic E-state index is -0.0856. The third-order valence-electron chi connectivity index (χ3n) is 13.0. The molecule has 0 N–H and O–H groups in total. The highest BCUT2D eigenvalue weighted by Crippen LogP contribution is 2.44. The van der Waals surface area contributed by atoms with E-state index >= 15 is 0 Å². The summed E-state index contributed by atoms with van der Waals surface area (Å²) in [7, 11) is 0. The molecule has 10 aromatic rings. The zero-order valence-corrected chi connectivity index (χ0v) is 36.0. The van der Waals surface area contributed by atoms with Crippen LogP contribution in [0.3, 0.4) is 0 Å². The summed E-state index contributed by atoms with van der Waals surface area (Å²) in [6.45, 7) is 0. The highest BCUT2D eigenvalue weighted by atomic mass is 14.9. The Kier molecular flexibility index (Phi) is 9.95. The summed E-state index contributed by atoms with van der Waals surface area (Å²) in [5, 5.41) is 2.05. The van der Waals surface area contributed by atoms with Gasteiger partial charge in [-0.3, -0.25) is 0 Å². The van der Waals surface area contributed by atoms with E-state index in [-0.39, 0.29) is 11.8 Å². The molecule has 0 fully saturated rings. The number of hydrogen-bond donors (Lipinski definition) is 0. The predicted octanol–water partition coefficient (Wildman–Crippen LogP) is 15.4. The highest BCUT2D eigenvalue weighted by Gasteiger charge is 2.32. The maximum absolute atomic E-state index is 5.41. The second kappa shape index (κ2) is 16.8. The Morgan fingerprint density at radius 2 is 0.727 bits per heavy atom. The summed E-state index contributed by atoms with van der Waals surface area (Å²) in [6.07, 6.45) is 13.3. The molecule has 4 heteroatoms. The van der Waals surface area contributed by atoms with Crippen LogP contribution in [-0.4, -0.2) is 19.9 Å². The Morgan fingerprint density at radius 1 is 0.288 bits per heavy atom. The smallest absolute Gasteiger partial charge is 0.160 e. The Hall–Kier alpha value is -8.60. The molecule has 4 nitrogen and oxygen atoms in total. The van der Waals surface area contributed by atoms with E-state index in [1.165, 1.54) is 39.0 Å². The summed E-state index contributed by atoms with van der Waals surface area (Å²) >= 11 is 0. The molecule has 0 amide bonds. The lowest BCUT2D eigenvalue weighted by molar-refractivity contribution is 0.638. The van der Waals surface area contributed by atoms with Crippen molar-refractivity contribution < 1.29 is 0 Å². The van der Waals surface area contributed by atoms with Crippen molar-refractivity contribution >= 4 is 27.4 Å². The second-order valence-electron chi connectivity index (χ2n) is 16.9. The topological polar surface area (TPSA) is 51.6 Å². The quantitative estimate of drug-likeness (QED) is 0.153. The standard InChI is InChI=1S/C62H42N4/c1-3-13-41(14-4-1)43-23-27-45(28-24-43)47-31-35-49(36-32-47)59-55-19-9-11-21-57(55)64-62(65-59)54-40-39-53(51-17-7-8-18-52(51)54)60-56-20-10-12-22-58(56)63-61(66-60)50-37-33-48(34-38-50)46-29-25-44(26-30-46)42-15-5-2-6-16-42/h1-40,52,54H. The third kappa shape index (κ3) is 7.35. The highest BCUT2D eigenvalue weighted by molar-refractivity contribution is 5.96. The van der Waals surface area contributed by atoms with Crippen molar-refractivity contribution in [2.75, 3.05) is 0 Å². The molecule has 8 aromatic carbocycles. The normalized spacial score (nSPS) is 15.3. The lowest BCUT2D eigenvalue weighted by Crippen LogP contribution is -2.19. The van der Waals surface area contributed by atoms with Crippen LogP contribution in [0.15, 0.2) is 248 Å². The van der Waals surface area contributed by atoms with Crippen LogP contribution in [0.5, 0.6) is 0 Å². The van der Waals surface area contributed by atoms with Crippen LogP contribution in [0.1, 0.15) is 17.4 Å². The Bertz CT molecular complexity index is 3530. The van der Waals surface area contributed by atoms with Gasteiger partial charge in [-0.2, -0.15) is 0 Å². The maximum atomic E-state index is 5.41. The van der Waals surface area contributed by atoms with E-state index in [0.29, 0.717) is 5.82 Å². The molecule has 310 valence electrons. The van der Waals surface area contributed by atoms with Crippen molar-refractivity contribution in [1.29, 1.82) is 0 Å². The van der Waals surface area contributed by atoms with Gasteiger partial charge in [-0.1, -0.05) is 231 Å². The average molecular weight is 843 g/mol. The van der Waals surface area contributed by atoms with E-state index in [1.54, 1.807) is 0 Å². The monoisotopic (exact) mass is 842 g/mol. The minimum absolute atomic E-state index is 0.00925. The molecule has 0 bridgehead atoms. The van der Waals surface area contributed by atoms with Gasteiger partial charge in [-0.15, -0.1) is 0 Å². The van der Waals surface area contributed by atoms with E-state index in [4.69, 9.17) is 19.9 Å². The van der Waals surface area contributed by atoms with Gasteiger partial charge in [0.2, 0.25) is 0 Å². The largest absolute Gasteiger partial charge is 0.232 e. The van der Waals surface area contributed by atoms with Crippen molar-refractivity contribution in [2.24, 2.45) is 5.92 Å². The van der Waals surface area contributed by atoms with Crippen LogP contribution < -0.4 is 0 Å². The van der Waals surface area contributed by atoms with Crippen molar-refractivity contribution in [2.45, 2.75) is 5.92 Å². The first-order valence-electron chi connectivity index (χ1n) is 22.5. The van der Waals surface area contributed by atoms with Gasteiger partial charge in [0.15, 0.2) is 5.82 Å². The number of para-hydroxylation sites is 2. The van der Waals surface area contributed by atoms with E-state index in [2.05, 4.69) is 231 Å². The fourth-order valence-corrected chi connectivity index (χ4v) is 9.50. The molecule has 66 heavy (non-hydrogen) atoms. The van der Waals surface area contributed by atoms with Crippen LogP contribution in [0, 0.1) is 5.92 Å². The number of aromatic nitrogens is 4. The summed E-state index contributed by atoms with van der Waals surface area (Å²) in [5.74, 6) is 1.42. The Labute approximate surface area is 384 Å². The molecule has 0 spiro atoms. The summed E-state index contributed by atoms with van der Waals surface area (Å²) in [5.41, 5.74) is 17.5. The van der Waals surface area contributed by atoms with E-state index < -0.39 is 0 Å². The number of nitrogens with zero attached hydrogens (tertiary/aromatic N) is 4. The molecular formula is C62H42N4. The van der Waals surface area contributed by atoms with Gasteiger partial charge in [0.05, 0.1) is 22.4 Å². The van der Waals surface area contributed by atoms with Crippen molar-refractivity contribution in [1.82, 2.24) is 19.9 Å². The number of benzene rings is 8. The number of allylic oxidation sites excluding steroid dienone is 8. The van der Waals surface area contributed by atoms with Gasteiger partial charge in [0, 0.05) is 39.3 Å². The average Bonchev–Trinajstić information content (AvgIpc) is 3.40. The molecule has 12 rings (SSSR count). The molecule has 0 saturated carbocycles. The van der Waals surface area contributed by atoms with Gasteiger partial charge in [0.1, 0.15) is 5.82 Å². The second-order valence-corrected chi connectivity index (χ2v) is 16.9. The molecule has 2 aromatic heterocycles. The molecule has 2 atom stereocenters. The fraction of sp³-hybridized carbons (Fsp3) is 0.0323. The molecule has 0 saturated heterocycles. The lowest BCUT2D eigenvalue weighted by Gasteiger charge is -2.30. The van der Waals surface area contributed by atoms with E-state index in [9.17, 15) is 0 Å². The van der Waals surface area contributed by atoms with Gasteiger partial charge >= 0.3 is 0 Å². The van der Waals surface area contributed by atoms with Crippen LogP contribution in [0.2, 0.25) is 0 Å². The van der Waals surface area contributed by atoms with Crippen molar-refractivity contribution in [3.63, 3.8) is 0 Å². The van der Waals surface area contributed by atoms with Gasteiger partial charge < -0.3 is 0 Å². The van der Waals surface area contributed by atoms with Crippen LogP contribution in [-0.2, 0) is 0 Å². The van der Waals surface area contributed by atoms with Gasteiger partial charge in [-0.05, 0) is 62.2 Å². The fourth-order valence-electron chi connectivity index (χ4n) is 9.50. The Balaban J connectivity index is 0.868. The number of fused-ring (bicyclic) bond motifs is 3. The molecule has 2 aliphatic rings. The molecular weight excluding hydrogens is 801 g/mol. The maximum Gasteiger partial charge on any atom is 0.160 e. The first-order valence-corrected chi connectivity index (χ1v) is 22.5. The van der Waals surface area contributed by atoms with Crippen molar-refractivity contribution in [3.8, 4) is 67.2 Å². The zero-order chi connectivity index (χ0) is 43.8. The zero-order valence-electron chi connectivity index (χ0n) is 36.0. The predicted molar refractivity (Wildman–Crippen MR) is 272 cm³/mol. The number of rotatable bonds is 8. The first-order chi connectivity index (χ1) is 32.7. The van der Waals surface area contributed by atoms with Gasteiger partial charge in [0.25, 0.3) is 0 Å². The SMILES string of the molecule is C1=CC2=C(c3nc(-c4ccc(-c5ccc(-c6ccccc6)cc5)cc4)nc4ccccc34)C=CC(c3nc(-c4ccc(-c5ccc(-c6ccccc6)cc5)cc4)c4ccccc4n3)C2C=C1. The lowest BCUT2D eigenvalue weighted by atomic mass is 9.75. The summed E-state index contributed by atoms with van der Waals surface area (Å²) in [4.78, 5) is 21.1. The molecule has 2 unspecified atom stereocenters. The third-order valence-corrected chi connectivity index (χ3v) is 13.0. The molecule has 0 radical (unpaired) electrons. The molecule has 2 heterocycles.